The van der Waals surface area contributed by atoms with E-state index < -0.39 is 0 Å². The lowest BCUT2D eigenvalue weighted by atomic mass is 10.1. The second-order valence-corrected chi connectivity index (χ2v) is 6.24. The molecule has 0 unspecified atom stereocenters. The number of rotatable bonds is 4. The van der Waals surface area contributed by atoms with Crippen molar-refractivity contribution in [2.24, 2.45) is 0 Å². The van der Waals surface area contributed by atoms with Crippen LogP contribution in [0.4, 0.5) is 5.69 Å². The van der Waals surface area contributed by atoms with Crippen LogP contribution in [0.1, 0.15) is 25.6 Å². The van der Waals surface area contributed by atoms with Crippen LogP contribution in [-0.4, -0.2) is 15.8 Å². The molecule has 1 N–H and O–H groups in total. The standard InChI is InChI=1S/C18H18N4S/c1-12(2)22-11-17(13-4-5-15(9-19)20-10-13)16-7-6-14(21-23-3)8-18(16)22/h4-8,10-12,21H,1-3H3. The Morgan fingerprint density at radius 2 is 2.09 bits per heavy atom. The predicted molar refractivity (Wildman–Crippen MR) is 97.4 cm³/mol. The average molecular weight is 322 g/mol. The molecule has 0 atom stereocenters. The van der Waals surface area contributed by atoms with Crippen LogP contribution < -0.4 is 4.72 Å². The fraction of sp³-hybridized carbons (Fsp3) is 0.222. The molecule has 5 heteroatoms. The Morgan fingerprint density at radius 1 is 1.26 bits per heavy atom. The quantitative estimate of drug-likeness (QED) is 0.698. The molecule has 0 amide bonds. The zero-order valence-electron chi connectivity index (χ0n) is 13.4. The highest BCUT2D eigenvalue weighted by Crippen LogP contribution is 2.34. The first-order valence-corrected chi connectivity index (χ1v) is 8.66. The van der Waals surface area contributed by atoms with E-state index >= 15 is 0 Å². The van der Waals surface area contributed by atoms with Gasteiger partial charge in [-0.1, -0.05) is 18.0 Å². The minimum Gasteiger partial charge on any atom is -0.344 e. The zero-order valence-corrected chi connectivity index (χ0v) is 14.2. The molecular weight excluding hydrogens is 304 g/mol. The van der Waals surface area contributed by atoms with Crippen LogP contribution in [-0.2, 0) is 0 Å². The van der Waals surface area contributed by atoms with Gasteiger partial charge in [0.2, 0.25) is 0 Å². The van der Waals surface area contributed by atoms with Crippen LogP contribution in [0.2, 0.25) is 0 Å². The van der Waals surface area contributed by atoms with E-state index in [2.05, 4.69) is 58.6 Å². The highest BCUT2D eigenvalue weighted by Gasteiger charge is 2.13. The highest BCUT2D eigenvalue weighted by atomic mass is 32.2. The number of nitrogens with zero attached hydrogens (tertiary/aromatic N) is 3. The minimum absolute atomic E-state index is 0.363. The maximum atomic E-state index is 8.90. The normalized spacial score (nSPS) is 10.9. The third-order valence-corrected chi connectivity index (χ3v) is 4.24. The van der Waals surface area contributed by atoms with Crippen molar-refractivity contribution in [3.63, 3.8) is 0 Å². The van der Waals surface area contributed by atoms with Crippen LogP contribution in [0.25, 0.3) is 22.0 Å². The van der Waals surface area contributed by atoms with Crippen LogP contribution in [0.15, 0.2) is 42.7 Å². The molecule has 0 radical (unpaired) electrons. The summed E-state index contributed by atoms with van der Waals surface area (Å²) in [5.74, 6) is 0. The van der Waals surface area contributed by atoms with E-state index in [1.807, 2.05) is 12.3 Å². The number of pyridine rings is 1. The van der Waals surface area contributed by atoms with Crippen molar-refractivity contribution in [3.05, 3.63) is 48.4 Å². The Morgan fingerprint density at radius 3 is 2.70 bits per heavy atom. The molecule has 3 rings (SSSR count). The molecule has 4 nitrogen and oxygen atoms in total. The summed E-state index contributed by atoms with van der Waals surface area (Å²) < 4.78 is 5.56. The fourth-order valence-electron chi connectivity index (χ4n) is 2.71. The van der Waals surface area contributed by atoms with E-state index in [0.29, 0.717) is 11.7 Å². The Labute approximate surface area is 140 Å². The van der Waals surface area contributed by atoms with Crippen LogP contribution in [0, 0.1) is 11.3 Å². The topological polar surface area (TPSA) is 53.6 Å². The molecule has 1 aromatic carbocycles. The lowest BCUT2D eigenvalue weighted by molar-refractivity contribution is 0.623. The van der Waals surface area contributed by atoms with Gasteiger partial charge in [0.15, 0.2) is 0 Å². The van der Waals surface area contributed by atoms with Gasteiger partial charge in [0.1, 0.15) is 11.8 Å². The van der Waals surface area contributed by atoms with Gasteiger partial charge in [-0.15, -0.1) is 0 Å². The summed E-state index contributed by atoms with van der Waals surface area (Å²) >= 11 is 1.58. The first kappa shape index (κ1) is 15.4. The summed E-state index contributed by atoms with van der Waals surface area (Å²) in [5.41, 5.74) is 4.89. The maximum absolute atomic E-state index is 8.90. The lowest BCUT2D eigenvalue weighted by Gasteiger charge is -2.10. The molecular formula is C18H18N4S. The largest absolute Gasteiger partial charge is 0.344 e. The van der Waals surface area contributed by atoms with Gasteiger partial charge in [0, 0.05) is 46.9 Å². The molecule has 0 saturated carbocycles. The molecule has 2 aromatic heterocycles. The van der Waals surface area contributed by atoms with Crippen molar-refractivity contribution in [1.29, 1.82) is 5.26 Å². The van der Waals surface area contributed by atoms with E-state index in [4.69, 9.17) is 5.26 Å². The van der Waals surface area contributed by atoms with Crippen molar-refractivity contribution in [3.8, 4) is 17.2 Å². The van der Waals surface area contributed by atoms with Crippen molar-refractivity contribution in [2.75, 3.05) is 11.0 Å². The van der Waals surface area contributed by atoms with E-state index in [-0.39, 0.29) is 0 Å². The van der Waals surface area contributed by atoms with Crippen molar-refractivity contribution in [1.82, 2.24) is 9.55 Å². The molecule has 0 saturated heterocycles. The van der Waals surface area contributed by atoms with Gasteiger partial charge >= 0.3 is 0 Å². The summed E-state index contributed by atoms with van der Waals surface area (Å²) in [5, 5.41) is 10.1. The number of benzene rings is 1. The third-order valence-electron chi connectivity index (χ3n) is 3.80. The van der Waals surface area contributed by atoms with Gasteiger partial charge in [-0.3, -0.25) is 0 Å². The zero-order chi connectivity index (χ0) is 16.4. The SMILES string of the molecule is CSNc1ccc2c(-c3ccc(C#N)nc3)cn(C(C)C)c2c1. The molecule has 0 spiro atoms. The minimum atomic E-state index is 0.363. The van der Waals surface area contributed by atoms with Crippen molar-refractivity contribution < 1.29 is 0 Å². The van der Waals surface area contributed by atoms with Crippen LogP contribution in [0.3, 0.4) is 0 Å². The van der Waals surface area contributed by atoms with Gasteiger partial charge in [0.05, 0.1) is 5.52 Å². The smallest absolute Gasteiger partial charge is 0.140 e. The second kappa shape index (κ2) is 6.35. The van der Waals surface area contributed by atoms with E-state index in [0.717, 1.165) is 16.8 Å². The summed E-state index contributed by atoms with van der Waals surface area (Å²) in [6.45, 7) is 4.35. The average Bonchev–Trinajstić information content (AvgIpc) is 2.94. The van der Waals surface area contributed by atoms with Crippen LogP contribution in [0.5, 0.6) is 0 Å². The molecule has 0 fully saturated rings. The van der Waals surface area contributed by atoms with Crippen LogP contribution >= 0.6 is 11.9 Å². The lowest BCUT2D eigenvalue weighted by Crippen LogP contribution is -1.98. The first-order valence-electron chi connectivity index (χ1n) is 7.44. The summed E-state index contributed by atoms with van der Waals surface area (Å²) in [7, 11) is 0. The monoisotopic (exact) mass is 322 g/mol. The summed E-state index contributed by atoms with van der Waals surface area (Å²) in [6, 6.07) is 12.5. The van der Waals surface area contributed by atoms with Gasteiger partial charge in [0.25, 0.3) is 0 Å². The van der Waals surface area contributed by atoms with Gasteiger partial charge in [-0.05, 0) is 38.1 Å². The number of nitriles is 1. The maximum Gasteiger partial charge on any atom is 0.140 e. The number of fused-ring (bicyclic) bond motifs is 1. The number of nitrogens with one attached hydrogen (secondary N) is 1. The van der Waals surface area contributed by atoms with Gasteiger partial charge in [-0.2, -0.15) is 5.26 Å². The molecule has 3 aromatic rings. The first-order chi connectivity index (χ1) is 11.1. The molecule has 116 valence electrons. The third kappa shape index (κ3) is 2.90. The van der Waals surface area contributed by atoms with Gasteiger partial charge < -0.3 is 9.29 Å². The molecule has 0 aliphatic rings. The fourth-order valence-corrected chi connectivity index (χ4v) is 3.07. The molecule has 23 heavy (non-hydrogen) atoms. The second-order valence-electron chi connectivity index (χ2n) is 5.63. The Kier molecular flexibility index (Phi) is 4.26. The molecule has 0 aliphatic heterocycles. The summed E-state index contributed by atoms with van der Waals surface area (Å²) in [6.07, 6.45) is 5.95. The van der Waals surface area contributed by atoms with Gasteiger partial charge in [-0.25, -0.2) is 4.98 Å². The predicted octanol–water partition coefficient (Wildman–Crippen LogP) is 4.85. The van der Waals surface area contributed by atoms with Crippen molar-refractivity contribution in [2.45, 2.75) is 19.9 Å². The van der Waals surface area contributed by atoms with Crippen molar-refractivity contribution >= 4 is 28.5 Å². The Balaban J connectivity index is 2.18. The van der Waals surface area contributed by atoms with E-state index in [9.17, 15) is 0 Å². The molecule has 0 aliphatic carbocycles. The Hall–Kier alpha value is -2.45. The number of hydrogen-bond donors (Lipinski definition) is 1. The van der Waals surface area contributed by atoms with E-state index in [1.165, 1.54) is 10.9 Å². The molecule has 0 bridgehead atoms. The molecule has 2 heterocycles. The number of hydrogen-bond acceptors (Lipinski definition) is 4. The number of anilines is 1. The van der Waals surface area contributed by atoms with E-state index in [1.54, 1.807) is 24.2 Å². The Bertz CT molecular complexity index is 872. The highest BCUT2D eigenvalue weighted by molar-refractivity contribution is 7.99. The number of aromatic nitrogens is 2. The summed E-state index contributed by atoms with van der Waals surface area (Å²) in [4.78, 5) is 4.20.